The van der Waals surface area contributed by atoms with E-state index in [9.17, 15) is 0 Å². The van der Waals surface area contributed by atoms with E-state index in [1.165, 1.54) is 6.33 Å². The molecule has 2 heterocycles. The summed E-state index contributed by atoms with van der Waals surface area (Å²) in [5.41, 5.74) is 6.29. The molecule has 96 valence electrons. The van der Waals surface area contributed by atoms with Gasteiger partial charge in [-0.2, -0.15) is 0 Å². The van der Waals surface area contributed by atoms with E-state index in [1.54, 1.807) is 13.0 Å². The van der Waals surface area contributed by atoms with Gasteiger partial charge in [-0.25, -0.2) is 19.9 Å². The van der Waals surface area contributed by atoms with Gasteiger partial charge in [-0.3, -0.25) is 0 Å². The first-order valence-electron chi connectivity index (χ1n) is 4.48. The van der Waals surface area contributed by atoms with Crippen molar-refractivity contribution in [3.8, 4) is 0 Å². The molecule has 2 N–H and O–H groups in total. The fourth-order valence-corrected chi connectivity index (χ4v) is 1.67. The number of nitrogens with zero attached hydrogens (tertiary/aromatic N) is 4. The number of nitrogens with two attached hydrogens (primary N) is 1. The van der Waals surface area contributed by atoms with Gasteiger partial charge in [0.2, 0.25) is 5.28 Å². The van der Waals surface area contributed by atoms with Crippen LogP contribution in [-0.2, 0) is 0 Å². The average Bonchev–Trinajstić information content (AvgIpc) is 2.24. The van der Waals surface area contributed by atoms with Gasteiger partial charge in [0, 0.05) is 5.69 Å². The molecule has 5 nitrogen and oxygen atoms in total. The van der Waals surface area contributed by atoms with Gasteiger partial charge in [-0.1, -0.05) is 34.8 Å². The molecular weight excluding hydrogens is 320 g/mol. The van der Waals surface area contributed by atoms with Crippen LogP contribution in [0.15, 0.2) is 12.4 Å². The summed E-state index contributed by atoms with van der Waals surface area (Å²) in [6, 6.07) is 1.65. The van der Waals surface area contributed by atoms with Crippen molar-refractivity contribution >= 4 is 52.1 Å². The molecule has 9 heteroatoms. The van der Waals surface area contributed by atoms with Crippen LogP contribution in [0.4, 0.5) is 5.69 Å². The van der Waals surface area contributed by atoms with Crippen molar-refractivity contribution in [1.29, 1.82) is 0 Å². The summed E-state index contributed by atoms with van der Waals surface area (Å²) in [6.45, 7) is 1.80. The SMILES string of the molecule is Cc1cc(Cl)nc(Cl)n1.Nc1c(Cl)ncnc1Cl. The third kappa shape index (κ3) is 4.78. The Bertz CT molecular complexity index is 478. The van der Waals surface area contributed by atoms with Gasteiger partial charge in [0.05, 0.1) is 0 Å². The fraction of sp³-hybridized carbons (Fsp3) is 0.111. The summed E-state index contributed by atoms with van der Waals surface area (Å²) in [5, 5.41) is 0.956. The van der Waals surface area contributed by atoms with Crippen LogP contribution in [-0.4, -0.2) is 19.9 Å². The first kappa shape index (κ1) is 15.2. The van der Waals surface area contributed by atoms with Crippen molar-refractivity contribution in [2.24, 2.45) is 0 Å². The highest BCUT2D eigenvalue weighted by atomic mass is 35.5. The minimum atomic E-state index is 0.190. The monoisotopic (exact) mass is 325 g/mol. The van der Waals surface area contributed by atoms with Crippen molar-refractivity contribution in [1.82, 2.24) is 19.9 Å². The first-order chi connectivity index (χ1) is 8.40. The van der Waals surface area contributed by atoms with Gasteiger partial charge in [-0.15, -0.1) is 0 Å². The number of hydrogen-bond donors (Lipinski definition) is 1. The Labute approximate surface area is 123 Å². The highest BCUT2D eigenvalue weighted by Crippen LogP contribution is 2.20. The van der Waals surface area contributed by atoms with E-state index in [4.69, 9.17) is 52.1 Å². The van der Waals surface area contributed by atoms with Crippen molar-refractivity contribution in [3.63, 3.8) is 0 Å². The normalized spacial score (nSPS) is 9.61. The van der Waals surface area contributed by atoms with Crippen LogP contribution in [0.1, 0.15) is 5.69 Å². The molecule has 0 fully saturated rings. The quantitative estimate of drug-likeness (QED) is 0.592. The molecule has 0 spiro atoms. The van der Waals surface area contributed by atoms with Crippen LogP contribution in [0, 0.1) is 6.92 Å². The van der Waals surface area contributed by atoms with Gasteiger partial charge in [-0.05, 0) is 24.6 Å². The summed E-state index contributed by atoms with van der Waals surface area (Å²) in [6.07, 6.45) is 1.25. The van der Waals surface area contributed by atoms with Crippen molar-refractivity contribution < 1.29 is 0 Å². The third-order valence-corrected chi connectivity index (χ3v) is 2.55. The molecule has 2 aromatic rings. The zero-order valence-corrected chi connectivity index (χ0v) is 12.1. The summed E-state index contributed by atoms with van der Waals surface area (Å²) >= 11 is 21.9. The Hall–Kier alpha value is -0.880. The number of anilines is 1. The standard InChI is InChI=1S/C5H4Cl2N2.C4H3Cl2N3/c1-3-2-4(6)9-5(7)8-3;5-3-2(7)4(6)9-1-8-3/h2H,1H3;1H,7H2. The van der Waals surface area contributed by atoms with E-state index in [0.29, 0.717) is 5.15 Å². The van der Waals surface area contributed by atoms with Gasteiger partial charge in [0.1, 0.15) is 17.2 Å². The smallest absolute Gasteiger partial charge is 0.223 e. The van der Waals surface area contributed by atoms with Crippen molar-refractivity contribution in [3.05, 3.63) is 38.8 Å². The van der Waals surface area contributed by atoms with Crippen LogP contribution in [0.25, 0.3) is 0 Å². The number of rotatable bonds is 0. The van der Waals surface area contributed by atoms with E-state index in [1.807, 2.05) is 0 Å². The molecule has 0 saturated carbocycles. The zero-order chi connectivity index (χ0) is 13.7. The van der Waals surface area contributed by atoms with E-state index < -0.39 is 0 Å². The van der Waals surface area contributed by atoms with Crippen molar-refractivity contribution in [2.45, 2.75) is 6.92 Å². The summed E-state index contributed by atoms with van der Waals surface area (Å²) in [4.78, 5) is 14.6. The van der Waals surface area contributed by atoms with Gasteiger partial charge >= 0.3 is 0 Å². The second-order valence-corrected chi connectivity index (χ2v) is 4.41. The molecule has 0 saturated heterocycles. The van der Waals surface area contributed by atoms with E-state index in [-0.39, 0.29) is 21.3 Å². The van der Waals surface area contributed by atoms with E-state index in [2.05, 4.69) is 19.9 Å². The molecule has 0 aliphatic heterocycles. The first-order valence-corrected chi connectivity index (χ1v) is 5.99. The highest BCUT2D eigenvalue weighted by Gasteiger charge is 2.00. The predicted molar refractivity (Wildman–Crippen MR) is 73.3 cm³/mol. The fourth-order valence-electron chi connectivity index (χ4n) is 0.850. The Kier molecular flexibility index (Phi) is 5.81. The summed E-state index contributed by atoms with van der Waals surface area (Å²) < 4.78 is 0. The maximum absolute atomic E-state index is 5.51. The summed E-state index contributed by atoms with van der Waals surface area (Å²) in [7, 11) is 0. The predicted octanol–water partition coefficient (Wildman–Crippen LogP) is 3.46. The maximum Gasteiger partial charge on any atom is 0.223 e. The van der Waals surface area contributed by atoms with Crippen LogP contribution in [0.3, 0.4) is 0 Å². The minimum Gasteiger partial charge on any atom is -0.394 e. The zero-order valence-electron chi connectivity index (χ0n) is 9.03. The molecule has 0 aliphatic carbocycles. The minimum absolute atomic E-state index is 0.190. The van der Waals surface area contributed by atoms with E-state index in [0.717, 1.165) is 5.69 Å². The van der Waals surface area contributed by atoms with Crippen LogP contribution < -0.4 is 5.73 Å². The molecule has 0 aliphatic rings. The number of nitrogen functional groups attached to an aromatic ring is 1. The van der Waals surface area contributed by atoms with Gasteiger partial charge < -0.3 is 5.73 Å². The molecule has 0 aromatic carbocycles. The van der Waals surface area contributed by atoms with E-state index >= 15 is 0 Å². The molecule has 18 heavy (non-hydrogen) atoms. The Morgan fingerprint density at radius 3 is 1.94 bits per heavy atom. The molecule has 0 radical (unpaired) electrons. The van der Waals surface area contributed by atoms with Gasteiger partial charge in [0.25, 0.3) is 0 Å². The van der Waals surface area contributed by atoms with Crippen molar-refractivity contribution in [2.75, 3.05) is 5.73 Å². The largest absolute Gasteiger partial charge is 0.394 e. The summed E-state index contributed by atoms with van der Waals surface area (Å²) in [5.74, 6) is 0. The number of halogens is 4. The lowest BCUT2D eigenvalue weighted by Gasteiger charge is -1.94. The Morgan fingerprint density at radius 2 is 1.56 bits per heavy atom. The lowest BCUT2D eigenvalue weighted by Crippen LogP contribution is -1.91. The number of aryl methyl sites for hydroxylation is 1. The molecule has 2 rings (SSSR count). The maximum atomic E-state index is 5.51. The molecule has 0 atom stereocenters. The van der Waals surface area contributed by atoms with Crippen LogP contribution >= 0.6 is 46.4 Å². The van der Waals surface area contributed by atoms with Gasteiger partial charge in [0.15, 0.2) is 10.3 Å². The Morgan fingerprint density at radius 1 is 1.00 bits per heavy atom. The number of hydrogen-bond acceptors (Lipinski definition) is 5. The van der Waals surface area contributed by atoms with Crippen LogP contribution in [0.5, 0.6) is 0 Å². The topological polar surface area (TPSA) is 77.6 Å². The Balaban J connectivity index is 0.000000180. The number of aromatic nitrogens is 4. The molecule has 2 aromatic heterocycles. The second kappa shape index (κ2) is 6.89. The lowest BCUT2D eigenvalue weighted by molar-refractivity contribution is 1.10. The lowest BCUT2D eigenvalue weighted by atomic mass is 10.5. The molecule has 0 bridgehead atoms. The third-order valence-electron chi connectivity index (χ3n) is 1.58. The molecule has 0 amide bonds. The van der Waals surface area contributed by atoms with Crippen LogP contribution in [0.2, 0.25) is 20.7 Å². The average molecular weight is 327 g/mol. The molecule has 0 unspecified atom stereocenters. The second-order valence-electron chi connectivity index (χ2n) is 2.97. The molecular formula is C9H7Cl4N5. The highest BCUT2D eigenvalue weighted by molar-refractivity contribution is 6.37.